The quantitative estimate of drug-likeness (QED) is 0.841. The van der Waals surface area contributed by atoms with Crippen LogP contribution in [0, 0.1) is 0 Å². The molecule has 0 radical (unpaired) electrons. The highest BCUT2D eigenvalue weighted by molar-refractivity contribution is 9.10. The van der Waals surface area contributed by atoms with Gasteiger partial charge in [0.05, 0.1) is 5.56 Å². The van der Waals surface area contributed by atoms with E-state index in [1.807, 2.05) is 11.8 Å². The van der Waals surface area contributed by atoms with E-state index < -0.39 is 0 Å². The number of hydrogen-bond acceptors (Lipinski definition) is 2. The van der Waals surface area contributed by atoms with Crippen LogP contribution in [0.3, 0.4) is 0 Å². The first-order valence-corrected chi connectivity index (χ1v) is 6.73. The molecule has 1 heterocycles. The van der Waals surface area contributed by atoms with E-state index in [-0.39, 0.29) is 24.4 Å². The molecule has 0 unspecified atom stereocenters. The summed E-state index contributed by atoms with van der Waals surface area (Å²) in [5, 5.41) is 3.89. The Balaban J connectivity index is 0.00000162. The molecule has 1 fully saturated rings. The molecule has 0 spiro atoms. The maximum absolute atomic E-state index is 12.4. The van der Waals surface area contributed by atoms with Crippen molar-refractivity contribution in [3.63, 3.8) is 0 Å². The van der Waals surface area contributed by atoms with E-state index >= 15 is 0 Å². The summed E-state index contributed by atoms with van der Waals surface area (Å²) in [4.78, 5) is 14.3. The SMILES string of the molecule is C[C@@H]1CNCCN1C(=O)c1ccc(Cl)cc1Br.Cl. The average molecular weight is 354 g/mol. The van der Waals surface area contributed by atoms with Gasteiger partial charge in [0.2, 0.25) is 0 Å². The molecule has 100 valence electrons. The number of piperazine rings is 1. The van der Waals surface area contributed by atoms with E-state index in [0.29, 0.717) is 10.6 Å². The lowest BCUT2D eigenvalue weighted by Crippen LogP contribution is -2.52. The Bertz CT molecular complexity index is 442. The Morgan fingerprint density at radius 2 is 2.28 bits per heavy atom. The molecule has 1 saturated heterocycles. The first kappa shape index (κ1) is 15.8. The summed E-state index contributed by atoms with van der Waals surface area (Å²) in [5.41, 5.74) is 0.670. The van der Waals surface area contributed by atoms with Crippen molar-refractivity contribution in [2.24, 2.45) is 0 Å². The second-order valence-electron chi connectivity index (χ2n) is 4.18. The van der Waals surface area contributed by atoms with Gasteiger partial charge in [-0.05, 0) is 41.1 Å². The first-order chi connectivity index (χ1) is 8.09. The molecule has 1 amide bonds. The molecule has 1 aliphatic heterocycles. The fourth-order valence-electron chi connectivity index (χ4n) is 1.96. The van der Waals surface area contributed by atoms with E-state index in [1.165, 1.54) is 0 Å². The average Bonchev–Trinajstić information content (AvgIpc) is 2.29. The third-order valence-electron chi connectivity index (χ3n) is 2.92. The van der Waals surface area contributed by atoms with Crippen LogP contribution in [0.1, 0.15) is 17.3 Å². The van der Waals surface area contributed by atoms with Gasteiger partial charge in [-0.3, -0.25) is 4.79 Å². The highest BCUT2D eigenvalue weighted by Crippen LogP contribution is 2.23. The summed E-state index contributed by atoms with van der Waals surface area (Å²) in [5.74, 6) is 0.0579. The van der Waals surface area contributed by atoms with Crippen LogP contribution in [-0.2, 0) is 0 Å². The van der Waals surface area contributed by atoms with Crippen LogP contribution >= 0.6 is 39.9 Å². The Morgan fingerprint density at radius 1 is 1.56 bits per heavy atom. The topological polar surface area (TPSA) is 32.3 Å². The number of nitrogens with one attached hydrogen (secondary N) is 1. The highest BCUT2D eigenvalue weighted by Gasteiger charge is 2.25. The van der Waals surface area contributed by atoms with E-state index in [4.69, 9.17) is 11.6 Å². The van der Waals surface area contributed by atoms with Gasteiger partial charge in [-0.2, -0.15) is 0 Å². The molecule has 0 saturated carbocycles. The van der Waals surface area contributed by atoms with Crippen molar-refractivity contribution in [1.82, 2.24) is 10.2 Å². The number of benzene rings is 1. The molecular formula is C12H15BrCl2N2O. The van der Waals surface area contributed by atoms with Crippen molar-refractivity contribution in [2.45, 2.75) is 13.0 Å². The van der Waals surface area contributed by atoms with Crippen molar-refractivity contribution < 1.29 is 4.79 Å². The third kappa shape index (κ3) is 3.38. The van der Waals surface area contributed by atoms with Crippen LogP contribution in [0.25, 0.3) is 0 Å². The maximum Gasteiger partial charge on any atom is 0.255 e. The molecule has 1 aromatic carbocycles. The number of carbonyl (C=O) groups excluding carboxylic acids is 1. The third-order valence-corrected chi connectivity index (χ3v) is 3.81. The lowest BCUT2D eigenvalue weighted by Gasteiger charge is -2.34. The fourth-order valence-corrected chi connectivity index (χ4v) is 2.81. The summed E-state index contributed by atoms with van der Waals surface area (Å²) >= 11 is 9.26. The molecule has 0 bridgehead atoms. The normalized spacial score (nSPS) is 19.3. The molecule has 1 aromatic rings. The zero-order valence-corrected chi connectivity index (χ0v) is 13.1. The van der Waals surface area contributed by atoms with Crippen LogP contribution < -0.4 is 5.32 Å². The zero-order chi connectivity index (χ0) is 12.4. The standard InChI is InChI=1S/C12H14BrClN2O.ClH/c1-8-7-15-4-5-16(8)12(17)10-3-2-9(14)6-11(10)13;/h2-3,6,8,15H,4-5,7H2,1H3;1H/t8-;/m1./s1. The Kier molecular flexibility index (Phi) is 5.92. The van der Waals surface area contributed by atoms with Gasteiger partial charge in [0, 0.05) is 35.2 Å². The monoisotopic (exact) mass is 352 g/mol. The minimum Gasteiger partial charge on any atom is -0.333 e. The lowest BCUT2D eigenvalue weighted by molar-refractivity contribution is 0.0655. The molecular weight excluding hydrogens is 339 g/mol. The van der Waals surface area contributed by atoms with Crippen LogP contribution in [0.5, 0.6) is 0 Å². The molecule has 1 N–H and O–H groups in total. The minimum absolute atomic E-state index is 0. The summed E-state index contributed by atoms with van der Waals surface area (Å²) in [6, 6.07) is 5.48. The Labute approximate surface area is 126 Å². The number of halogens is 3. The molecule has 1 atom stereocenters. The van der Waals surface area contributed by atoms with Gasteiger partial charge in [0.1, 0.15) is 0 Å². The van der Waals surface area contributed by atoms with Gasteiger partial charge >= 0.3 is 0 Å². The van der Waals surface area contributed by atoms with Gasteiger partial charge in [-0.25, -0.2) is 0 Å². The maximum atomic E-state index is 12.4. The molecule has 3 nitrogen and oxygen atoms in total. The molecule has 6 heteroatoms. The molecule has 2 rings (SSSR count). The molecule has 18 heavy (non-hydrogen) atoms. The van der Waals surface area contributed by atoms with Crippen molar-refractivity contribution in [2.75, 3.05) is 19.6 Å². The van der Waals surface area contributed by atoms with E-state index in [2.05, 4.69) is 21.2 Å². The van der Waals surface area contributed by atoms with E-state index in [9.17, 15) is 4.79 Å². The van der Waals surface area contributed by atoms with Gasteiger partial charge in [0.25, 0.3) is 5.91 Å². The van der Waals surface area contributed by atoms with Crippen LogP contribution in [0.2, 0.25) is 5.02 Å². The smallest absolute Gasteiger partial charge is 0.255 e. The number of carbonyl (C=O) groups is 1. The summed E-state index contributed by atoms with van der Waals surface area (Å²) in [6.45, 7) is 4.49. The Morgan fingerprint density at radius 3 is 2.89 bits per heavy atom. The van der Waals surface area contributed by atoms with Crippen molar-refractivity contribution in [3.8, 4) is 0 Å². The van der Waals surface area contributed by atoms with Gasteiger partial charge in [0.15, 0.2) is 0 Å². The van der Waals surface area contributed by atoms with Gasteiger partial charge < -0.3 is 10.2 Å². The van der Waals surface area contributed by atoms with Gasteiger partial charge in [-0.1, -0.05) is 11.6 Å². The number of amides is 1. The van der Waals surface area contributed by atoms with E-state index in [0.717, 1.165) is 24.1 Å². The lowest BCUT2D eigenvalue weighted by atomic mass is 10.1. The van der Waals surface area contributed by atoms with E-state index in [1.54, 1.807) is 18.2 Å². The zero-order valence-electron chi connectivity index (χ0n) is 9.95. The minimum atomic E-state index is 0. The van der Waals surface area contributed by atoms with Crippen LogP contribution in [0.4, 0.5) is 0 Å². The largest absolute Gasteiger partial charge is 0.333 e. The molecule has 1 aliphatic rings. The van der Waals surface area contributed by atoms with Crippen molar-refractivity contribution >= 4 is 45.8 Å². The van der Waals surface area contributed by atoms with Crippen LogP contribution in [0.15, 0.2) is 22.7 Å². The second-order valence-corrected chi connectivity index (χ2v) is 5.47. The summed E-state index contributed by atoms with van der Waals surface area (Å²) in [6.07, 6.45) is 0. The Hall–Kier alpha value is -0.290. The first-order valence-electron chi connectivity index (χ1n) is 5.56. The second kappa shape index (κ2) is 6.75. The predicted molar refractivity (Wildman–Crippen MR) is 79.8 cm³/mol. The number of nitrogens with zero attached hydrogens (tertiary/aromatic N) is 1. The predicted octanol–water partition coefficient (Wildman–Crippen LogP) is 2.96. The van der Waals surface area contributed by atoms with Gasteiger partial charge in [-0.15, -0.1) is 12.4 Å². The molecule has 0 aliphatic carbocycles. The molecule has 0 aromatic heterocycles. The van der Waals surface area contributed by atoms with Crippen molar-refractivity contribution in [3.05, 3.63) is 33.3 Å². The summed E-state index contributed by atoms with van der Waals surface area (Å²) < 4.78 is 0.751. The fraction of sp³-hybridized carbons (Fsp3) is 0.417. The van der Waals surface area contributed by atoms with Crippen LogP contribution in [-0.4, -0.2) is 36.5 Å². The highest BCUT2D eigenvalue weighted by atomic mass is 79.9. The summed E-state index contributed by atoms with van der Waals surface area (Å²) in [7, 11) is 0. The number of rotatable bonds is 1. The van der Waals surface area contributed by atoms with Crippen molar-refractivity contribution in [1.29, 1.82) is 0 Å². The number of hydrogen-bond donors (Lipinski definition) is 1.